The number of nitrogens with zero attached hydrogens (tertiary/aromatic N) is 2. The van der Waals surface area contributed by atoms with Crippen LogP contribution in [-0.4, -0.2) is 55.5 Å². The van der Waals surface area contributed by atoms with Crippen LogP contribution in [0.5, 0.6) is 0 Å². The summed E-state index contributed by atoms with van der Waals surface area (Å²) in [7, 11) is -3.39. The van der Waals surface area contributed by atoms with Crippen molar-refractivity contribution < 1.29 is 13.2 Å². The summed E-state index contributed by atoms with van der Waals surface area (Å²) in [4.78, 5) is 14.6. The second-order valence-electron chi connectivity index (χ2n) is 6.83. The number of likely N-dealkylation sites (tertiary alicyclic amines) is 1. The molecule has 0 saturated carbocycles. The number of piperidine rings is 1. The van der Waals surface area contributed by atoms with Gasteiger partial charge in [0.05, 0.1) is 12.8 Å². The fraction of sp³-hybridized carbons (Fsp3) is 0.632. The Hall–Kier alpha value is -1.40. The number of carbonyl (C=O) groups is 1. The fourth-order valence-electron chi connectivity index (χ4n) is 3.46. The van der Waals surface area contributed by atoms with Crippen LogP contribution in [0.15, 0.2) is 30.3 Å². The maximum atomic E-state index is 12.7. The molecular formula is C19H30N2O3S. The molecule has 1 aliphatic rings. The average Bonchev–Trinajstić information content (AvgIpc) is 2.60. The van der Waals surface area contributed by atoms with Gasteiger partial charge in [-0.2, -0.15) is 4.31 Å². The Morgan fingerprint density at radius 2 is 1.96 bits per heavy atom. The van der Waals surface area contributed by atoms with Crippen LogP contribution in [0.2, 0.25) is 0 Å². The van der Waals surface area contributed by atoms with Gasteiger partial charge in [-0.1, -0.05) is 37.3 Å². The summed E-state index contributed by atoms with van der Waals surface area (Å²) in [5.74, 6) is -0.0586. The molecular weight excluding hydrogens is 336 g/mol. The largest absolute Gasteiger partial charge is 0.339 e. The fourth-order valence-corrected chi connectivity index (χ4v) is 4.27. The zero-order valence-electron chi connectivity index (χ0n) is 15.4. The molecule has 25 heavy (non-hydrogen) atoms. The summed E-state index contributed by atoms with van der Waals surface area (Å²) in [5, 5.41) is 0. The minimum atomic E-state index is -3.39. The Labute approximate surface area is 152 Å². The van der Waals surface area contributed by atoms with Crippen molar-refractivity contribution in [3.05, 3.63) is 35.9 Å². The van der Waals surface area contributed by atoms with Gasteiger partial charge in [0, 0.05) is 19.1 Å². The molecule has 6 heteroatoms. The van der Waals surface area contributed by atoms with E-state index in [0.29, 0.717) is 13.0 Å². The van der Waals surface area contributed by atoms with Crippen LogP contribution in [0.4, 0.5) is 0 Å². The third kappa shape index (κ3) is 6.12. The van der Waals surface area contributed by atoms with E-state index < -0.39 is 10.0 Å². The van der Waals surface area contributed by atoms with E-state index in [4.69, 9.17) is 0 Å². The molecule has 1 aliphatic heterocycles. The molecule has 1 saturated heterocycles. The van der Waals surface area contributed by atoms with Gasteiger partial charge < -0.3 is 4.90 Å². The summed E-state index contributed by atoms with van der Waals surface area (Å²) in [6.45, 7) is 3.18. The molecule has 1 atom stereocenters. The predicted octanol–water partition coefficient (Wildman–Crippen LogP) is 2.67. The van der Waals surface area contributed by atoms with Gasteiger partial charge >= 0.3 is 0 Å². The molecule has 5 nitrogen and oxygen atoms in total. The molecule has 140 valence electrons. The number of carbonyl (C=O) groups excluding carboxylic acids is 1. The first-order valence-corrected chi connectivity index (χ1v) is 11.0. The van der Waals surface area contributed by atoms with E-state index in [0.717, 1.165) is 38.6 Å². The lowest BCUT2D eigenvalue weighted by atomic mass is 10.00. The molecule has 1 unspecified atom stereocenters. The van der Waals surface area contributed by atoms with E-state index in [9.17, 15) is 13.2 Å². The average molecular weight is 367 g/mol. The second-order valence-corrected chi connectivity index (χ2v) is 8.81. The summed E-state index contributed by atoms with van der Waals surface area (Å²) >= 11 is 0. The van der Waals surface area contributed by atoms with Gasteiger partial charge in [0.25, 0.3) is 0 Å². The number of rotatable bonds is 8. The van der Waals surface area contributed by atoms with Crippen LogP contribution < -0.4 is 0 Å². The highest BCUT2D eigenvalue weighted by Crippen LogP contribution is 2.20. The van der Waals surface area contributed by atoms with E-state index in [2.05, 4.69) is 6.92 Å². The first-order valence-electron chi connectivity index (χ1n) is 9.20. The van der Waals surface area contributed by atoms with Crippen LogP contribution in [0.1, 0.15) is 44.6 Å². The maximum Gasteiger partial charge on any atom is 0.238 e. The standard InChI is InChI=1S/C19H30N2O3S/c1-3-18-13-7-8-15-21(18)19(22)16-20(25(2,23)24)14-9-12-17-10-5-4-6-11-17/h4-6,10-11,18H,3,7-9,12-16H2,1-2H3. The van der Waals surface area contributed by atoms with Crippen LogP contribution >= 0.6 is 0 Å². The molecule has 1 amide bonds. The van der Waals surface area contributed by atoms with E-state index in [1.807, 2.05) is 35.2 Å². The van der Waals surface area contributed by atoms with Gasteiger partial charge in [0.1, 0.15) is 0 Å². The van der Waals surface area contributed by atoms with Crippen molar-refractivity contribution in [1.82, 2.24) is 9.21 Å². The Bertz CT molecular complexity index is 646. The Balaban J connectivity index is 1.94. The summed E-state index contributed by atoms with van der Waals surface area (Å²) in [6, 6.07) is 10.3. The minimum absolute atomic E-state index is 0.0376. The number of sulfonamides is 1. The van der Waals surface area contributed by atoms with Gasteiger partial charge in [-0.3, -0.25) is 4.79 Å². The molecule has 2 rings (SSSR count). The third-order valence-corrected chi connectivity index (χ3v) is 6.16. The third-order valence-electron chi connectivity index (χ3n) is 4.92. The first-order chi connectivity index (χ1) is 11.9. The number of benzene rings is 1. The van der Waals surface area contributed by atoms with E-state index in [-0.39, 0.29) is 18.5 Å². The van der Waals surface area contributed by atoms with Gasteiger partial charge in [-0.25, -0.2) is 8.42 Å². The monoisotopic (exact) mass is 366 g/mol. The van der Waals surface area contributed by atoms with Crippen molar-refractivity contribution in [3.8, 4) is 0 Å². The number of amides is 1. The smallest absolute Gasteiger partial charge is 0.238 e. The topological polar surface area (TPSA) is 57.7 Å². The normalized spacial score (nSPS) is 18.5. The van der Waals surface area contributed by atoms with Crippen LogP contribution in [0.25, 0.3) is 0 Å². The quantitative estimate of drug-likeness (QED) is 0.711. The molecule has 1 fully saturated rings. The molecule has 0 aromatic heterocycles. The molecule has 0 N–H and O–H groups in total. The van der Waals surface area contributed by atoms with Crippen molar-refractivity contribution >= 4 is 15.9 Å². The lowest BCUT2D eigenvalue weighted by molar-refractivity contribution is -0.135. The van der Waals surface area contributed by atoms with Gasteiger partial charge in [-0.15, -0.1) is 0 Å². The first kappa shape index (κ1) is 19.9. The zero-order chi connectivity index (χ0) is 18.3. The summed E-state index contributed by atoms with van der Waals surface area (Å²) in [6.07, 6.45) is 6.82. The summed E-state index contributed by atoms with van der Waals surface area (Å²) < 4.78 is 25.5. The number of aryl methyl sites for hydroxylation is 1. The van der Waals surface area contributed by atoms with Crippen LogP contribution in [-0.2, 0) is 21.2 Å². The number of hydrogen-bond acceptors (Lipinski definition) is 3. The Morgan fingerprint density at radius 3 is 2.60 bits per heavy atom. The van der Waals surface area contributed by atoms with Gasteiger partial charge in [-0.05, 0) is 44.1 Å². The van der Waals surface area contributed by atoms with Gasteiger partial charge in [0.2, 0.25) is 15.9 Å². The molecule has 0 radical (unpaired) electrons. The van der Waals surface area contributed by atoms with Gasteiger partial charge in [0.15, 0.2) is 0 Å². The molecule has 1 aromatic rings. The Kier molecular flexibility index (Phi) is 7.44. The van der Waals surface area contributed by atoms with E-state index >= 15 is 0 Å². The van der Waals surface area contributed by atoms with Crippen molar-refractivity contribution in [2.24, 2.45) is 0 Å². The maximum absolute atomic E-state index is 12.7. The molecule has 0 bridgehead atoms. The molecule has 1 heterocycles. The zero-order valence-corrected chi connectivity index (χ0v) is 16.2. The molecule has 0 spiro atoms. The van der Waals surface area contributed by atoms with Crippen molar-refractivity contribution in [1.29, 1.82) is 0 Å². The van der Waals surface area contributed by atoms with Crippen LogP contribution in [0, 0.1) is 0 Å². The summed E-state index contributed by atoms with van der Waals surface area (Å²) in [5.41, 5.74) is 1.18. The second kappa shape index (κ2) is 9.34. The lowest BCUT2D eigenvalue weighted by Gasteiger charge is -2.36. The molecule has 1 aromatic carbocycles. The highest BCUT2D eigenvalue weighted by molar-refractivity contribution is 7.88. The van der Waals surface area contributed by atoms with Crippen LogP contribution in [0.3, 0.4) is 0 Å². The van der Waals surface area contributed by atoms with Crippen molar-refractivity contribution in [3.63, 3.8) is 0 Å². The molecule has 0 aliphatic carbocycles. The van der Waals surface area contributed by atoms with E-state index in [1.165, 1.54) is 16.1 Å². The highest BCUT2D eigenvalue weighted by atomic mass is 32.2. The van der Waals surface area contributed by atoms with Crippen molar-refractivity contribution in [2.45, 2.75) is 51.5 Å². The minimum Gasteiger partial charge on any atom is -0.339 e. The Morgan fingerprint density at radius 1 is 1.24 bits per heavy atom. The predicted molar refractivity (Wildman–Crippen MR) is 101 cm³/mol. The van der Waals surface area contributed by atoms with E-state index in [1.54, 1.807) is 0 Å². The lowest BCUT2D eigenvalue weighted by Crippen LogP contribution is -2.49. The highest BCUT2D eigenvalue weighted by Gasteiger charge is 2.28. The van der Waals surface area contributed by atoms with Crippen molar-refractivity contribution in [2.75, 3.05) is 25.9 Å². The SMILES string of the molecule is CCC1CCCCN1C(=O)CN(CCCc1ccccc1)S(C)(=O)=O. The number of hydrogen-bond donors (Lipinski definition) is 0.